The minimum Gasteiger partial charge on any atom is -0.494 e. The number of ether oxygens (including phenoxy) is 1. The lowest BCUT2D eigenvalue weighted by atomic mass is 10.3. The van der Waals surface area contributed by atoms with Gasteiger partial charge in [0.2, 0.25) is 0 Å². The van der Waals surface area contributed by atoms with E-state index in [1.54, 1.807) is 18.0 Å². The molecule has 6 heteroatoms. The van der Waals surface area contributed by atoms with Gasteiger partial charge in [0.25, 0.3) is 0 Å². The standard InChI is InChI=1S/C11H13N3O.2ClH/c1-15-11-5-3-2-4-10(11)14-8-9(6-12)7-13-14;;/h2-5,7-8H,6,12H2,1H3;2*1H. The third-order valence-electron chi connectivity index (χ3n) is 2.20. The molecule has 0 saturated carbocycles. The summed E-state index contributed by atoms with van der Waals surface area (Å²) < 4.78 is 7.02. The van der Waals surface area contributed by atoms with Crippen molar-refractivity contribution in [1.29, 1.82) is 0 Å². The van der Waals surface area contributed by atoms with Gasteiger partial charge in [-0.2, -0.15) is 5.10 Å². The van der Waals surface area contributed by atoms with Crippen molar-refractivity contribution in [2.45, 2.75) is 6.54 Å². The monoisotopic (exact) mass is 275 g/mol. The van der Waals surface area contributed by atoms with Crippen molar-refractivity contribution in [1.82, 2.24) is 9.78 Å². The number of para-hydroxylation sites is 2. The predicted octanol–water partition coefficient (Wildman–Crippen LogP) is 2.18. The van der Waals surface area contributed by atoms with Crippen LogP contribution in [-0.4, -0.2) is 16.9 Å². The molecule has 94 valence electrons. The van der Waals surface area contributed by atoms with Crippen LogP contribution >= 0.6 is 24.8 Å². The van der Waals surface area contributed by atoms with Crippen LogP contribution < -0.4 is 10.5 Å². The van der Waals surface area contributed by atoms with E-state index in [-0.39, 0.29) is 24.8 Å². The number of hydrogen-bond donors (Lipinski definition) is 1. The lowest BCUT2D eigenvalue weighted by Crippen LogP contribution is -1.98. The Morgan fingerprint density at radius 3 is 2.59 bits per heavy atom. The fourth-order valence-corrected chi connectivity index (χ4v) is 1.42. The minimum absolute atomic E-state index is 0. The second kappa shape index (κ2) is 7.17. The molecule has 17 heavy (non-hydrogen) atoms. The van der Waals surface area contributed by atoms with Crippen molar-refractivity contribution >= 4 is 24.8 Å². The molecule has 0 unspecified atom stereocenters. The molecule has 2 aromatic rings. The highest BCUT2D eigenvalue weighted by Gasteiger charge is 2.04. The van der Waals surface area contributed by atoms with Gasteiger partial charge >= 0.3 is 0 Å². The average Bonchev–Trinajstić information content (AvgIpc) is 2.77. The first-order chi connectivity index (χ1) is 7.35. The molecule has 0 fully saturated rings. The number of benzene rings is 1. The second-order valence-corrected chi connectivity index (χ2v) is 3.17. The smallest absolute Gasteiger partial charge is 0.144 e. The molecule has 2 rings (SSSR count). The highest BCUT2D eigenvalue weighted by Crippen LogP contribution is 2.21. The number of nitrogens with two attached hydrogens (primary N) is 1. The summed E-state index contributed by atoms with van der Waals surface area (Å²) in [6.45, 7) is 0.495. The molecule has 0 aliphatic rings. The van der Waals surface area contributed by atoms with E-state index in [0.29, 0.717) is 6.54 Å². The number of hydrogen-bond acceptors (Lipinski definition) is 3. The van der Waals surface area contributed by atoms with Crippen molar-refractivity contribution in [3.63, 3.8) is 0 Å². The van der Waals surface area contributed by atoms with Gasteiger partial charge in [-0.1, -0.05) is 12.1 Å². The Bertz CT molecular complexity index is 459. The van der Waals surface area contributed by atoms with Gasteiger partial charge in [-0.15, -0.1) is 24.8 Å². The Kier molecular flexibility index (Phi) is 6.65. The van der Waals surface area contributed by atoms with Gasteiger partial charge in [-0.3, -0.25) is 0 Å². The summed E-state index contributed by atoms with van der Waals surface area (Å²) in [6.07, 6.45) is 3.66. The average molecular weight is 276 g/mol. The zero-order valence-corrected chi connectivity index (χ0v) is 11.0. The number of rotatable bonds is 3. The van der Waals surface area contributed by atoms with Crippen LogP contribution in [0.5, 0.6) is 5.75 Å². The van der Waals surface area contributed by atoms with Crippen molar-refractivity contribution < 1.29 is 4.74 Å². The van der Waals surface area contributed by atoms with Crippen molar-refractivity contribution in [3.8, 4) is 11.4 Å². The summed E-state index contributed by atoms with van der Waals surface area (Å²) in [7, 11) is 1.65. The molecule has 0 aliphatic carbocycles. The van der Waals surface area contributed by atoms with E-state index in [1.165, 1.54) is 0 Å². The maximum absolute atomic E-state index is 5.53. The maximum Gasteiger partial charge on any atom is 0.144 e. The molecule has 1 aromatic heterocycles. The summed E-state index contributed by atoms with van der Waals surface area (Å²) in [6, 6.07) is 7.72. The molecule has 2 N–H and O–H groups in total. The van der Waals surface area contributed by atoms with E-state index < -0.39 is 0 Å². The molecule has 0 amide bonds. The normalized spacial score (nSPS) is 9.06. The van der Waals surface area contributed by atoms with Crippen LogP contribution in [0.3, 0.4) is 0 Å². The van der Waals surface area contributed by atoms with Gasteiger partial charge in [0, 0.05) is 18.3 Å². The Balaban J connectivity index is 0.00000128. The lowest BCUT2D eigenvalue weighted by molar-refractivity contribution is 0.411. The summed E-state index contributed by atoms with van der Waals surface area (Å²) in [5.41, 5.74) is 7.44. The fourth-order valence-electron chi connectivity index (χ4n) is 1.42. The Hall–Kier alpha value is -1.23. The molecule has 4 nitrogen and oxygen atoms in total. The van der Waals surface area contributed by atoms with Crippen LogP contribution in [0.15, 0.2) is 36.7 Å². The molecule has 1 aromatic carbocycles. The quantitative estimate of drug-likeness (QED) is 0.934. The molecular formula is C11H15Cl2N3O. The van der Waals surface area contributed by atoms with Crippen LogP contribution in [-0.2, 0) is 6.54 Å². The minimum atomic E-state index is 0. The van der Waals surface area contributed by atoms with E-state index in [0.717, 1.165) is 17.0 Å². The lowest BCUT2D eigenvalue weighted by Gasteiger charge is -2.07. The van der Waals surface area contributed by atoms with Crippen LogP contribution in [0.2, 0.25) is 0 Å². The number of methoxy groups -OCH3 is 1. The molecule has 0 spiro atoms. The van der Waals surface area contributed by atoms with Crippen molar-refractivity contribution in [3.05, 3.63) is 42.2 Å². The van der Waals surface area contributed by atoms with E-state index in [1.807, 2.05) is 30.5 Å². The van der Waals surface area contributed by atoms with Crippen LogP contribution in [0.4, 0.5) is 0 Å². The molecular weight excluding hydrogens is 261 g/mol. The first-order valence-corrected chi connectivity index (χ1v) is 4.72. The van der Waals surface area contributed by atoms with Gasteiger partial charge in [-0.25, -0.2) is 4.68 Å². The van der Waals surface area contributed by atoms with Gasteiger partial charge in [0.05, 0.1) is 13.3 Å². The topological polar surface area (TPSA) is 53.1 Å². The Morgan fingerprint density at radius 1 is 1.29 bits per heavy atom. The van der Waals surface area contributed by atoms with Crippen molar-refractivity contribution in [2.75, 3.05) is 7.11 Å². The largest absolute Gasteiger partial charge is 0.494 e. The summed E-state index contributed by atoms with van der Waals surface area (Å²) >= 11 is 0. The number of halogens is 2. The third kappa shape index (κ3) is 3.36. The number of aromatic nitrogens is 2. The van der Waals surface area contributed by atoms with Gasteiger partial charge in [0.1, 0.15) is 11.4 Å². The first-order valence-electron chi connectivity index (χ1n) is 4.72. The fraction of sp³-hybridized carbons (Fsp3) is 0.182. The number of nitrogens with zero attached hydrogens (tertiary/aromatic N) is 2. The Morgan fingerprint density at radius 2 is 2.00 bits per heavy atom. The van der Waals surface area contributed by atoms with Gasteiger partial charge in [-0.05, 0) is 12.1 Å². The molecule has 0 saturated heterocycles. The molecule has 1 heterocycles. The van der Waals surface area contributed by atoms with Gasteiger partial charge in [0.15, 0.2) is 0 Å². The predicted molar refractivity (Wildman–Crippen MR) is 72.5 cm³/mol. The van der Waals surface area contributed by atoms with Gasteiger partial charge < -0.3 is 10.5 Å². The molecule has 0 atom stereocenters. The molecule has 0 bridgehead atoms. The Labute approximate surface area is 113 Å². The summed E-state index contributed by atoms with van der Waals surface area (Å²) in [5.74, 6) is 0.796. The molecule has 0 radical (unpaired) electrons. The summed E-state index contributed by atoms with van der Waals surface area (Å²) in [4.78, 5) is 0. The van der Waals surface area contributed by atoms with E-state index in [9.17, 15) is 0 Å². The highest BCUT2D eigenvalue weighted by atomic mass is 35.5. The third-order valence-corrected chi connectivity index (χ3v) is 2.20. The summed E-state index contributed by atoms with van der Waals surface area (Å²) in [5, 5.41) is 4.22. The van der Waals surface area contributed by atoms with Crippen molar-refractivity contribution in [2.24, 2.45) is 5.73 Å². The SMILES string of the molecule is COc1ccccc1-n1cc(CN)cn1.Cl.Cl. The second-order valence-electron chi connectivity index (χ2n) is 3.17. The maximum atomic E-state index is 5.53. The van der Waals surface area contributed by atoms with E-state index >= 15 is 0 Å². The van der Waals surface area contributed by atoms with E-state index in [4.69, 9.17) is 10.5 Å². The molecule has 0 aliphatic heterocycles. The zero-order chi connectivity index (χ0) is 10.7. The van der Waals surface area contributed by atoms with E-state index in [2.05, 4.69) is 5.10 Å². The van der Waals surface area contributed by atoms with Crippen LogP contribution in [0.1, 0.15) is 5.56 Å². The first kappa shape index (κ1) is 15.8. The van der Waals surface area contributed by atoms with Crippen LogP contribution in [0.25, 0.3) is 5.69 Å². The zero-order valence-electron chi connectivity index (χ0n) is 9.37. The highest BCUT2D eigenvalue weighted by molar-refractivity contribution is 5.85. The van der Waals surface area contributed by atoms with Crippen LogP contribution in [0, 0.1) is 0 Å².